The molecule has 6 nitrogen and oxygen atoms in total. The molecule has 1 atom stereocenters. The van der Waals surface area contributed by atoms with Crippen molar-refractivity contribution < 1.29 is 19.0 Å². The standard InChI is InChI=1S/C29H28N2O4/c1-3-34-28(32)16-20-9-11-21(33-2)17-27(20)35-26-12-10-18-7-8-19(15-25(18)26)22-5-4-6-24-23(22)13-14-31-29(24)30/h4-9,11,13-15,17,26H,3,10,12,16H2,1-2H3,(H2,30,31)/t26-/m1/s1. The summed E-state index contributed by atoms with van der Waals surface area (Å²) in [6, 6.07) is 20.2. The second kappa shape index (κ2) is 9.66. The zero-order chi connectivity index (χ0) is 24.4. The molecule has 0 aliphatic heterocycles. The van der Waals surface area contributed by atoms with Gasteiger partial charge in [0.1, 0.15) is 23.4 Å². The summed E-state index contributed by atoms with van der Waals surface area (Å²) in [5.41, 5.74) is 11.5. The number of carbonyl (C=O) groups is 1. The van der Waals surface area contributed by atoms with Crippen LogP contribution in [0.1, 0.15) is 36.1 Å². The van der Waals surface area contributed by atoms with E-state index in [2.05, 4.69) is 29.2 Å². The number of ether oxygens (including phenoxy) is 3. The van der Waals surface area contributed by atoms with Gasteiger partial charge in [0.15, 0.2) is 0 Å². The number of pyridine rings is 1. The Bertz CT molecular complexity index is 1400. The molecule has 6 heteroatoms. The quantitative estimate of drug-likeness (QED) is 0.352. The Kier molecular flexibility index (Phi) is 6.27. The van der Waals surface area contributed by atoms with Crippen LogP contribution in [0.2, 0.25) is 0 Å². The second-order valence-corrected chi connectivity index (χ2v) is 8.61. The molecular weight excluding hydrogens is 440 g/mol. The normalized spacial score (nSPS) is 14.5. The number of rotatable bonds is 7. The molecule has 0 spiro atoms. The molecule has 1 aliphatic carbocycles. The lowest BCUT2D eigenvalue weighted by Crippen LogP contribution is -2.11. The van der Waals surface area contributed by atoms with Crippen LogP contribution in [0.4, 0.5) is 5.82 Å². The zero-order valence-electron chi connectivity index (χ0n) is 19.9. The number of methoxy groups -OCH3 is 1. The molecule has 0 saturated heterocycles. The average Bonchev–Trinajstić information content (AvgIpc) is 3.27. The maximum Gasteiger partial charge on any atom is 0.310 e. The first-order valence-electron chi connectivity index (χ1n) is 11.8. The van der Waals surface area contributed by atoms with Crippen LogP contribution in [0.15, 0.2) is 66.9 Å². The van der Waals surface area contributed by atoms with E-state index in [1.165, 1.54) is 5.56 Å². The number of esters is 1. The second-order valence-electron chi connectivity index (χ2n) is 8.61. The SMILES string of the molecule is CCOC(=O)Cc1ccc(OC)cc1O[C@@H]1CCc2ccc(-c3cccc4c(N)nccc34)cc21. The van der Waals surface area contributed by atoms with Crippen molar-refractivity contribution >= 4 is 22.6 Å². The Morgan fingerprint density at radius 3 is 2.80 bits per heavy atom. The van der Waals surface area contributed by atoms with E-state index in [-0.39, 0.29) is 18.5 Å². The van der Waals surface area contributed by atoms with Crippen LogP contribution in [-0.4, -0.2) is 24.7 Å². The molecule has 35 heavy (non-hydrogen) atoms. The van der Waals surface area contributed by atoms with Crippen LogP contribution < -0.4 is 15.2 Å². The topological polar surface area (TPSA) is 83.7 Å². The minimum atomic E-state index is -0.277. The van der Waals surface area contributed by atoms with Gasteiger partial charge < -0.3 is 19.9 Å². The summed E-state index contributed by atoms with van der Waals surface area (Å²) in [6.45, 7) is 2.15. The van der Waals surface area contributed by atoms with Gasteiger partial charge in [-0.25, -0.2) is 4.98 Å². The molecule has 1 heterocycles. The average molecular weight is 469 g/mol. The van der Waals surface area contributed by atoms with Crippen molar-refractivity contribution in [1.29, 1.82) is 0 Å². The molecule has 178 valence electrons. The fraction of sp³-hybridized carbons (Fsp3) is 0.241. The fourth-order valence-corrected chi connectivity index (χ4v) is 4.77. The van der Waals surface area contributed by atoms with Crippen LogP contribution in [-0.2, 0) is 22.4 Å². The predicted octanol–water partition coefficient (Wildman–Crippen LogP) is 5.66. The van der Waals surface area contributed by atoms with E-state index >= 15 is 0 Å². The molecule has 0 fully saturated rings. The Morgan fingerprint density at radius 2 is 1.97 bits per heavy atom. The van der Waals surface area contributed by atoms with E-state index in [1.54, 1.807) is 20.2 Å². The third-order valence-electron chi connectivity index (χ3n) is 6.50. The van der Waals surface area contributed by atoms with Crippen LogP contribution >= 0.6 is 0 Å². The number of nitrogens with two attached hydrogens (primary N) is 1. The van der Waals surface area contributed by atoms with Crippen molar-refractivity contribution in [1.82, 2.24) is 4.98 Å². The summed E-state index contributed by atoms with van der Waals surface area (Å²) in [4.78, 5) is 16.4. The molecule has 2 N–H and O–H groups in total. The highest BCUT2D eigenvalue weighted by atomic mass is 16.5. The molecule has 0 unspecified atom stereocenters. The molecule has 0 bridgehead atoms. The monoisotopic (exact) mass is 468 g/mol. The summed E-state index contributed by atoms with van der Waals surface area (Å²) in [5.74, 6) is 1.58. The number of nitrogens with zero attached hydrogens (tertiary/aromatic N) is 1. The Labute approximate surface area is 204 Å². The van der Waals surface area contributed by atoms with Gasteiger partial charge in [0, 0.05) is 23.2 Å². The van der Waals surface area contributed by atoms with Crippen LogP contribution in [0.3, 0.4) is 0 Å². The van der Waals surface area contributed by atoms with Crippen molar-refractivity contribution in [3.05, 3.63) is 83.6 Å². The number of benzene rings is 3. The first-order chi connectivity index (χ1) is 17.1. The van der Waals surface area contributed by atoms with E-state index in [0.717, 1.165) is 45.9 Å². The van der Waals surface area contributed by atoms with E-state index in [1.807, 2.05) is 36.4 Å². The number of anilines is 1. The molecular formula is C29H28N2O4. The number of hydrogen-bond donors (Lipinski definition) is 1. The number of nitrogen functional groups attached to an aromatic ring is 1. The minimum Gasteiger partial charge on any atom is -0.497 e. The van der Waals surface area contributed by atoms with Gasteiger partial charge in [0.2, 0.25) is 0 Å². The molecule has 5 rings (SSSR count). The highest BCUT2D eigenvalue weighted by Gasteiger charge is 2.26. The van der Waals surface area contributed by atoms with E-state index in [9.17, 15) is 4.79 Å². The number of hydrogen-bond acceptors (Lipinski definition) is 6. The molecule has 3 aromatic carbocycles. The molecule has 0 amide bonds. The summed E-state index contributed by atoms with van der Waals surface area (Å²) in [6.07, 6.45) is 3.57. The Morgan fingerprint density at radius 1 is 1.09 bits per heavy atom. The van der Waals surface area contributed by atoms with Crippen molar-refractivity contribution in [3.63, 3.8) is 0 Å². The summed E-state index contributed by atoms with van der Waals surface area (Å²) >= 11 is 0. The van der Waals surface area contributed by atoms with Crippen molar-refractivity contribution in [2.45, 2.75) is 32.3 Å². The van der Waals surface area contributed by atoms with Gasteiger partial charge in [-0.2, -0.15) is 0 Å². The summed E-state index contributed by atoms with van der Waals surface area (Å²) in [7, 11) is 1.62. The molecule has 4 aromatic rings. The Balaban J connectivity index is 1.49. The molecule has 1 aliphatic rings. The van der Waals surface area contributed by atoms with Gasteiger partial charge >= 0.3 is 5.97 Å². The van der Waals surface area contributed by atoms with Crippen molar-refractivity contribution in [3.8, 4) is 22.6 Å². The summed E-state index contributed by atoms with van der Waals surface area (Å²) in [5, 5.41) is 2.01. The number of fused-ring (bicyclic) bond motifs is 2. The highest BCUT2D eigenvalue weighted by Crippen LogP contribution is 2.40. The van der Waals surface area contributed by atoms with E-state index < -0.39 is 0 Å². The third-order valence-corrected chi connectivity index (χ3v) is 6.50. The predicted molar refractivity (Wildman–Crippen MR) is 137 cm³/mol. The first kappa shape index (κ1) is 22.7. The van der Waals surface area contributed by atoms with Crippen LogP contribution in [0.5, 0.6) is 11.5 Å². The molecule has 0 radical (unpaired) electrons. The van der Waals surface area contributed by atoms with Crippen molar-refractivity contribution in [2.75, 3.05) is 19.5 Å². The van der Waals surface area contributed by atoms with Gasteiger partial charge in [-0.1, -0.05) is 36.4 Å². The van der Waals surface area contributed by atoms with E-state index in [4.69, 9.17) is 19.9 Å². The minimum absolute atomic E-state index is 0.125. The first-order valence-corrected chi connectivity index (χ1v) is 11.8. The smallest absolute Gasteiger partial charge is 0.310 e. The third kappa shape index (κ3) is 4.52. The van der Waals surface area contributed by atoms with Crippen molar-refractivity contribution in [2.24, 2.45) is 0 Å². The molecule has 1 aromatic heterocycles. The largest absolute Gasteiger partial charge is 0.497 e. The number of aryl methyl sites for hydroxylation is 1. The van der Waals surface area contributed by atoms with Gasteiger partial charge in [-0.05, 0) is 65.6 Å². The summed E-state index contributed by atoms with van der Waals surface area (Å²) < 4.78 is 17.1. The van der Waals surface area contributed by atoms with E-state index in [0.29, 0.717) is 23.9 Å². The fourth-order valence-electron chi connectivity index (χ4n) is 4.77. The maximum atomic E-state index is 12.2. The highest BCUT2D eigenvalue weighted by molar-refractivity contribution is 6.01. The van der Waals surface area contributed by atoms with Crippen LogP contribution in [0, 0.1) is 0 Å². The lowest BCUT2D eigenvalue weighted by molar-refractivity contribution is -0.142. The molecule has 0 saturated carbocycles. The van der Waals surface area contributed by atoms with Gasteiger partial charge in [0.25, 0.3) is 0 Å². The van der Waals surface area contributed by atoms with Gasteiger partial charge in [-0.15, -0.1) is 0 Å². The maximum absolute atomic E-state index is 12.2. The van der Waals surface area contributed by atoms with Gasteiger partial charge in [0.05, 0.1) is 20.1 Å². The van der Waals surface area contributed by atoms with Gasteiger partial charge in [-0.3, -0.25) is 4.79 Å². The number of carbonyl (C=O) groups excluding carboxylic acids is 1. The lowest BCUT2D eigenvalue weighted by Gasteiger charge is -2.19. The Hall–Kier alpha value is -4.06. The lowest BCUT2D eigenvalue weighted by atomic mass is 9.96. The zero-order valence-corrected chi connectivity index (χ0v) is 19.9. The van der Waals surface area contributed by atoms with Crippen LogP contribution in [0.25, 0.3) is 21.9 Å². The number of aromatic nitrogens is 1.